The van der Waals surface area contributed by atoms with Gasteiger partial charge in [-0.25, -0.2) is 0 Å². The first-order valence-electron chi connectivity index (χ1n) is 4.42. The second kappa shape index (κ2) is 5.01. The molecule has 1 aromatic rings. The summed E-state index contributed by atoms with van der Waals surface area (Å²) in [6.07, 6.45) is 0. The van der Waals surface area contributed by atoms with Gasteiger partial charge in [0.05, 0.1) is 0 Å². The summed E-state index contributed by atoms with van der Waals surface area (Å²) < 4.78 is 2.28. The second-order valence-corrected chi connectivity index (χ2v) is 5.66. The zero-order valence-electron chi connectivity index (χ0n) is 8.41. The molecule has 0 aliphatic carbocycles. The van der Waals surface area contributed by atoms with Crippen LogP contribution in [0.5, 0.6) is 0 Å². The topological polar surface area (TPSA) is 27.3 Å². The van der Waals surface area contributed by atoms with Crippen LogP contribution in [0.2, 0.25) is 0 Å². The monoisotopic (exact) mass is 195 g/mol. The lowest BCUT2D eigenvalue weighted by Crippen LogP contribution is -2.56. The Morgan fingerprint density at radius 2 is 1.62 bits per heavy atom. The van der Waals surface area contributed by atoms with Crippen LogP contribution in [0.25, 0.3) is 0 Å². The summed E-state index contributed by atoms with van der Waals surface area (Å²) in [5.74, 6) is 0. The molecule has 0 amide bonds. The average molecular weight is 195 g/mol. The third-order valence-electron chi connectivity index (χ3n) is 2.10. The summed E-state index contributed by atoms with van der Waals surface area (Å²) in [4.78, 5) is 6.61. The molecule has 72 valence electrons. The number of para-hydroxylation sites is 1. The van der Waals surface area contributed by atoms with Crippen LogP contribution in [0.15, 0.2) is 30.3 Å². The summed E-state index contributed by atoms with van der Waals surface area (Å²) in [5.41, 5.74) is 1.25. The molecule has 0 atom stereocenters. The van der Waals surface area contributed by atoms with Gasteiger partial charge in [-0.2, -0.15) is 0 Å². The van der Waals surface area contributed by atoms with Crippen LogP contribution in [0.4, 0.5) is 5.69 Å². The van der Waals surface area contributed by atoms with Gasteiger partial charge in [0.25, 0.3) is 9.28 Å². The molecule has 0 fully saturated rings. The number of hydrogen-bond acceptors (Lipinski definition) is 3. The number of rotatable bonds is 4. The zero-order valence-corrected chi connectivity index (χ0v) is 9.57. The summed E-state index contributed by atoms with van der Waals surface area (Å²) in [5, 5.41) is 0. The molecule has 1 rings (SSSR count). The molecule has 0 aliphatic rings. The molecule has 0 aromatic heterocycles. The fraction of sp³-hybridized carbons (Fsp3) is 0.333. The van der Waals surface area contributed by atoms with Crippen LogP contribution in [0.3, 0.4) is 0 Å². The molecule has 0 bridgehead atoms. The van der Waals surface area contributed by atoms with Crippen LogP contribution >= 0.6 is 0 Å². The predicted octanol–water partition coefficient (Wildman–Crippen LogP) is 0.279. The first-order chi connectivity index (χ1) is 6.29. The second-order valence-electron chi connectivity index (χ2n) is 2.93. The lowest BCUT2D eigenvalue weighted by Gasteiger charge is -2.27. The smallest absolute Gasteiger partial charge is 0.296 e. The Hall–Kier alpha value is -0.843. The molecule has 13 heavy (non-hydrogen) atoms. The first-order valence-corrected chi connectivity index (χ1v) is 6.09. The van der Waals surface area contributed by atoms with Crippen molar-refractivity contribution < 1.29 is 0 Å². The Balaban J connectivity index is 2.72. The van der Waals surface area contributed by atoms with Gasteiger partial charge in [-0.3, -0.25) is 0 Å². The van der Waals surface area contributed by atoms with Crippen molar-refractivity contribution in [2.45, 2.75) is 0 Å². The van der Waals surface area contributed by atoms with E-state index in [1.165, 1.54) is 5.69 Å². The Morgan fingerprint density at radius 1 is 1.08 bits per heavy atom. The number of hydrogen-bond donors (Lipinski definition) is 2. The maximum atomic E-state index is 3.30. The SMILES string of the molecule is CN[SiH](NC)N(C)c1ccccc1. The average Bonchev–Trinajstić information content (AvgIpc) is 2.21. The van der Waals surface area contributed by atoms with Crippen molar-refractivity contribution in [1.82, 2.24) is 9.96 Å². The molecular formula is C9H17N3Si. The van der Waals surface area contributed by atoms with Crippen molar-refractivity contribution in [2.24, 2.45) is 0 Å². The van der Waals surface area contributed by atoms with E-state index >= 15 is 0 Å². The largest absolute Gasteiger partial charge is 0.379 e. The van der Waals surface area contributed by atoms with Gasteiger partial charge >= 0.3 is 0 Å². The maximum Gasteiger partial charge on any atom is 0.296 e. The minimum Gasteiger partial charge on any atom is -0.379 e. The van der Waals surface area contributed by atoms with Crippen LogP contribution < -0.4 is 14.5 Å². The van der Waals surface area contributed by atoms with Crippen LogP contribution in [-0.2, 0) is 0 Å². The summed E-state index contributed by atoms with van der Waals surface area (Å²) in [7, 11) is 4.92. The highest BCUT2D eigenvalue weighted by molar-refractivity contribution is 6.57. The van der Waals surface area contributed by atoms with Gasteiger partial charge in [-0.1, -0.05) is 18.2 Å². The summed E-state index contributed by atoms with van der Waals surface area (Å²) in [6, 6.07) is 10.4. The lowest BCUT2D eigenvalue weighted by atomic mass is 10.3. The van der Waals surface area contributed by atoms with Gasteiger partial charge in [0, 0.05) is 5.69 Å². The Bertz CT molecular complexity index is 236. The van der Waals surface area contributed by atoms with E-state index in [9.17, 15) is 0 Å². The highest BCUT2D eigenvalue weighted by atomic mass is 28.3. The first kappa shape index (κ1) is 10.2. The minimum absolute atomic E-state index is 1.18. The van der Waals surface area contributed by atoms with Crippen molar-refractivity contribution in [3.8, 4) is 0 Å². The van der Waals surface area contributed by atoms with Crippen LogP contribution in [-0.4, -0.2) is 30.4 Å². The van der Waals surface area contributed by atoms with Crippen LogP contribution in [0, 0.1) is 0 Å². The van der Waals surface area contributed by atoms with Gasteiger partial charge < -0.3 is 14.5 Å². The van der Waals surface area contributed by atoms with Crippen molar-refractivity contribution in [1.29, 1.82) is 0 Å². The van der Waals surface area contributed by atoms with Crippen molar-refractivity contribution >= 4 is 15.0 Å². The molecule has 0 saturated heterocycles. The molecule has 4 heteroatoms. The highest BCUT2D eigenvalue weighted by Crippen LogP contribution is 2.10. The van der Waals surface area contributed by atoms with Crippen molar-refractivity contribution in [3.63, 3.8) is 0 Å². The molecule has 0 spiro atoms. The maximum absolute atomic E-state index is 3.30. The number of anilines is 1. The van der Waals surface area contributed by atoms with Crippen molar-refractivity contribution in [2.75, 3.05) is 25.7 Å². The molecule has 0 heterocycles. The summed E-state index contributed by atoms with van der Waals surface area (Å²) in [6.45, 7) is 0. The van der Waals surface area contributed by atoms with E-state index in [1.807, 2.05) is 20.2 Å². The quantitative estimate of drug-likeness (QED) is 0.676. The van der Waals surface area contributed by atoms with E-state index in [2.05, 4.69) is 45.8 Å². The molecular weight excluding hydrogens is 178 g/mol. The summed E-state index contributed by atoms with van der Waals surface area (Å²) >= 11 is 0. The van der Waals surface area contributed by atoms with Gasteiger partial charge in [-0.15, -0.1) is 0 Å². The Kier molecular flexibility index (Phi) is 3.95. The molecule has 1 aromatic carbocycles. The van der Waals surface area contributed by atoms with Gasteiger partial charge in [0.2, 0.25) is 0 Å². The van der Waals surface area contributed by atoms with E-state index in [-0.39, 0.29) is 0 Å². The van der Waals surface area contributed by atoms with Gasteiger partial charge in [0.15, 0.2) is 0 Å². The number of benzene rings is 1. The lowest BCUT2D eigenvalue weighted by molar-refractivity contribution is 1.02. The predicted molar refractivity (Wildman–Crippen MR) is 60.1 cm³/mol. The molecule has 2 N–H and O–H groups in total. The number of nitrogens with one attached hydrogen (secondary N) is 2. The standard InChI is InChI=1S/C9H17N3Si/c1-10-13(11-2)12(3)9-7-5-4-6-8-9/h4-8,10-11,13H,1-3H3. The fourth-order valence-electron chi connectivity index (χ4n) is 1.34. The van der Waals surface area contributed by atoms with Gasteiger partial charge in [0.1, 0.15) is 0 Å². The molecule has 3 nitrogen and oxygen atoms in total. The Labute approximate surface area is 81.6 Å². The molecule has 0 unspecified atom stereocenters. The molecule has 0 aliphatic heterocycles. The third kappa shape index (κ3) is 2.55. The molecule has 0 radical (unpaired) electrons. The highest BCUT2D eigenvalue weighted by Gasteiger charge is 2.12. The van der Waals surface area contributed by atoms with E-state index in [0.29, 0.717) is 0 Å². The van der Waals surface area contributed by atoms with E-state index in [1.54, 1.807) is 0 Å². The molecule has 0 saturated carbocycles. The fourth-order valence-corrected chi connectivity index (χ4v) is 2.88. The van der Waals surface area contributed by atoms with Gasteiger partial charge in [-0.05, 0) is 33.3 Å². The Morgan fingerprint density at radius 3 is 2.08 bits per heavy atom. The van der Waals surface area contributed by atoms with Crippen LogP contribution in [0.1, 0.15) is 0 Å². The van der Waals surface area contributed by atoms with E-state index < -0.39 is 9.28 Å². The number of nitrogens with zero attached hydrogens (tertiary/aromatic N) is 1. The third-order valence-corrected chi connectivity index (χ3v) is 4.26. The minimum atomic E-state index is -1.18. The van der Waals surface area contributed by atoms with E-state index in [4.69, 9.17) is 0 Å². The van der Waals surface area contributed by atoms with Crippen molar-refractivity contribution in [3.05, 3.63) is 30.3 Å². The van der Waals surface area contributed by atoms with E-state index in [0.717, 1.165) is 0 Å². The normalized spacial score (nSPS) is 10.5. The zero-order chi connectivity index (χ0) is 9.68.